The molecule has 1 fully saturated rings. The van der Waals surface area contributed by atoms with Crippen molar-refractivity contribution in [3.8, 4) is 11.8 Å². The van der Waals surface area contributed by atoms with Crippen LogP contribution in [0.25, 0.3) is 5.69 Å². The summed E-state index contributed by atoms with van der Waals surface area (Å²) >= 11 is 0. The fourth-order valence-electron chi connectivity index (χ4n) is 2.79. The zero-order valence-electron chi connectivity index (χ0n) is 12.9. The van der Waals surface area contributed by atoms with Gasteiger partial charge >= 0.3 is 6.18 Å². The largest absolute Gasteiger partial charge is 0.416 e. The lowest BCUT2D eigenvalue weighted by atomic mass is 10.2. The highest BCUT2D eigenvalue weighted by molar-refractivity contribution is 5.50. The summed E-state index contributed by atoms with van der Waals surface area (Å²) in [6, 6.07) is 6.76. The quantitative estimate of drug-likeness (QED) is 0.842. The van der Waals surface area contributed by atoms with Crippen molar-refractivity contribution in [2.45, 2.75) is 31.9 Å². The van der Waals surface area contributed by atoms with Gasteiger partial charge in [-0.25, -0.2) is 0 Å². The maximum Gasteiger partial charge on any atom is 0.416 e. The molecule has 0 bridgehead atoms. The average molecular weight is 335 g/mol. The van der Waals surface area contributed by atoms with Crippen LogP contribution in [0.1, 0.15) is 36.9 Å². The minimum absolute atomic E-state index is 0.134. The van der Waals surface area contributed by atoms with E-state index in [-0.39, 0.29) is 11.4 Å². The van der Waals surface area contributed by atoms with E-state index in [1.54, 1.807) is 0 Å². The molecule has 8 heteroatoms. The molecule has 1 aliphatic heterocycles. The SMILES string of the molecule is N#Cc1nn(-c2cccc(C(F)(F)F)c2)nc1N1CCCCCC1. The van der Waals surface area contributed by atoms with E-state index >= 15 is 0 Å². The summed E-state index contributed by atoms with van der Waals surface area (Å²) in [6.45, 7) is 1.55. The van der Waals surface area contributed by atoms with Crippen LogP contribution in [0.4, 0.5) is 19.0 Å². The summed E-state index contributed by atoms with van der Waals surface area (Å²) in [6.07, 6.45) is -0.183. The third-order valence-corrected chi connectivity index (χ3v) is 4.01. The van der Waals surface area contributed by atoms with Gasteiger partial charge in [0.1, 0.15) is 6.07 Å². The van der Waals surface area contributed by atoms with Gasteiger partial charge in [0, 0.05) is 13.1 Å². The van der Waals surface area contributed by atoms with E-state index in [2.05, 4.69) is 10.2 Å². The number of aromatic nitrogens is 3. The van der Waals surface area contributed by atoms with Gasteiger partial charge in [-0.1, -0.05) is 18.9 Å². The van der Waals surface area contributed by atoms with Crippen LogP contribution in [0, 0.1) is 11.3 Å². The molecule has 5 nitrogen and oxygen atoms in total. The summed E-state index contributed by atoms with van der Waals surface area (Å²) in [5.74, 6) is 0.441. The maximum atomic E-state index is 12.9. The Bertz CT molecular complexity index is 752. The molecule has 1 saturated heterocycles. The number of rotatable bonds is 2. The molecule has 2 aromatic rings. The first-order valence-electron chi connectivity index (χ1n) is 7.79. The highest BCUT2D eigenvalue weighted by Crippen LogP contribution is 2.30. The first kappa shape index (κ1) is 16.3. The number of alkyl halides is 3. The van der Waals surface area contributed by atoms with Crippen LogP contribution in [-0.2, 0) is 6.18 Å². The second-order valence-electron chi connectivity index (χ2n) is 5.72. The van der Waals surface area contributed by atoms with Crippen molar-refractivity contribution in [3.63, 3.8) is 0 Å². The van der Waals surface area contributed by atoms with E-state index in [4.69, 9.17) is 0 Å². The van der Waals surface area contributed by atoms with Crippen LogP contribution in [0.2, 0.25) is 0 Å². The second-order valence-corrected chi connectivity index (χ2v) is 5.72. The molecule has 0 aliphatic carbocycles. The molecule has 0 saturated carbocycles. The first-order valence-corrected chi connectivity index (χ1v) is 7.79. The summed E-state index contributed by atoms with van der Waals surface area (Å²) in [4.78, 5) is 3.09. The molecule has 0 radical (unpaired) electrons. The monoisotopic (exact) mass is 335 g/mol. The number of nitrogens with zero attached hydrogens (tertiary/aromatic N) is 5. The lowest BCUT2D eigenvalue weighted by Crippen LogP contribution is -2.25. The Hall–Kier alpha value is -2.56. The van der Waals surface area contributed by atoms with E-state index in [1.165, 1.54) is 12.1 Å². The highest BCUT2D eigenvalue weighted by Gasteiger charge is 2.31. The summed E-state index contributed by atoms with van der Waals surface area (Å²) in [5.41, 5.74) is -0.455. The number of hydrogen-bond acceptors (Lipinski definition) is 4. The van der Waals surface area contributed by atoms with Crippen LogP contribution in [0.3, 0.4) is 0 Å². The molecule has 0 atom stereocenters. The molecule has 3 rings (SSSR count). The fraction of sp³-hybridized carbons (Fsp3) is 0.438. The van der Waals surface area contributed by atoms with Crippen molar-refractivity contribution >= 4 is 5.82 Å². The molecular formula is C16H16F3N5. The average Bonchev–Trinajstić information content (AvgIpc) is 2.81. The number of halogens is 3. The van der Waals surface area contributed by atoms with E-state index < -0.39 is 11.7 Å². The molecule has 1 aliphatic rings. The Morgan fingerprint density at radius 3 is 2.38 bits per heavy atom. The normalized spacial score (nSPS) is 15.8. The molecule has 0 unspecified atom stereocenters. The van der Waals surface area contributed by atoms with E-state index in [0.29, 0.717) is 5.82 Å². The van der Waals surface area contributed by atoms with Gasteiger partial charge in [0.15, 0.2) is 5.82 Å². The van der Waals surface area contributed by atoms with Crippen LogP contribution in [0.15, 0.2) is 24.3 Å². The Morgan fingerprint density at radius 1 is 1.04 bits per heavy atom. The van der Waals surface area contributed by atoms with Gasteiger partial charge in [-0.3, -0.25) is 0 Å². The van der Waals surface area contributed by atoms with Gasteiger partial charge in [-0.2, -0.15) is 18.4 Å². The van der Waals surface area contributed by atoms with Crippen LogP contribution >= 0.6 is 0 Å². The number of anilines is 1. The van der Waals surface area contributed by atoms with Crippen molar-refractivity contribution in [2.75, 3.05) is 18.0 Å². The summed E-state index contributed by atoms with van der Waals surface area (Å²) in [5, 5.41) is 17.6. The molecule has 24 heavy (non-hydrogen) atoms. The van der Waals surface area contributed by atoms with Gasteiger partial charge in [0.25, 0.3) is 0 Å². The molecule has 2 heterocycles. The Labute approximate surface area is 137 Å². The molecule has 126 valence electrons. The van der Waals surface area contributed by atoms with E-state index in [1.807, 2.05) is 11.0 Å². The summed E-state index contributed by atoms with van der Waals surface area (Å²) < 4.78 is 38.6. The zero-order valence-corrected chi connectivity index (χ0v) is 12.9. The van der Waals surface area contributed by atoms with E-state index in [0.717, 1.165) is 55.7 Å². The molecule has 0 spiro atoms. The van der Waals surface area contributed by atoms with Gasteiger partial charge < -0.3 is 4.90 Å². The van der Waals surface area contributed by atoms with Crippen LogP contribution < -0.4 is 4.90 Å². The van der Waals surface area contributed by atoms with Gasteiger partial charge in [0.2, 0.25) is 5.69 Å². The third-order valence-electron chi connectivity index (χ3n) is 4.01. The van der Waals surface area contributed by atoms with Crippen molar-refractivity contribution in [3.05, 3.63) is 35.5 Å². The third kappa shape index (κ3) is 3.35. The molecule has 0 amide bonds. The fourth-order valence-corrected chi connectivity index (χ4v) is 2.79. The smallest absolute Gasteiger partial charge is 0.353 e. The lowest BCUT2D eigenvalue weighted by molar-refractivity contribution is -0.137. The molecule has 0 N–H and O–H groups in total. The number of nitriles is 1. The van der Waals surface area contributed by atoms with Crippen LogP contribution in [-0.4, -0.2) is 28.1 Å². The van der Waals surface area contributed by atoms with Gasteiger partial charge in [-0.15, -0.1) is 15.0 Å². The van der Waals surface area contributed by atoms with Crippen molar-refractivity contribution in [1.29, 1.82) is 5.26 Å². The highest BCUT2D eigenvalue weighted by atomic mass is 19.4. The second kappa shape index (κ2) is 6.51. The van der Waals surface area contributed by atoms with Gasteiger partial charge in [-0.05, 0) is 31.0 Å². The van der Waals surface area contributed by atoms with Crippen molar-refractivity contribution in [2.24, 2.45) is 0 Å². The predicted molar refractivity (Wildman–Crippen MR) is 81.8 cm³/mol. The number of hydrogen-bond donors (Lipinski definition) is 0. The maximum absolute atomic E-state index is 12.9. The standard InChI is InChI=1S/C16H16F3N5/c17-16(18,19)12-6-5-7-13(10-12)24-21-14(11-20)15(22-24)23-8-3-1-2-4-9-23/h5-7,10H,1-4,8-9H2. The number of benzene rings is 1. The lowest BCUT2D eigenvalue weighted by Gasteiger charge is -2.18. The van der Waals surface area contributed by atoms with E-state index in [9.17, 15) is 18.4 Å². The predicted octanol–water partition coefficient (Wildman–Crippen LogP) is 3.54. The molecular weight excluding hydrogens is 319 g/mol. The van der Waals surface area contributed by atoms with Crippen LogP contribution in [0.5, 0.6) is 0 Å². The topological polar surface area (TPSA) is 57.7 Å². The van der Waals surface area contributed by atoms with Crippen molar-refractivity contribution in [1.82, 2.24) is 15.0 Å². The zero-order chi connectivity index (χ0) is 17.2. The molecule has 1 aromatic carbocycles. The van der Waals surface area contributed by atoms with Crippen molar-refractivity contribution < 1.29 is 13.2 Å². The van der Waals surface area contributed by atoms with Gasteiger partial charge in [0.05, 0.1) is 11.3 Å². The molecule has 1 aromatic heterocycles. The minimum Gasteiger partial charge on any atom is -0.353 e. The Morgan fingerprint density at radius 2 is 1.75 bits per heavy atom. The minimum atomic E-state index is -4.44. The Balaban J connectivity index is 1.97. The first-order chi connectivity index (χ1) is 11.5. The Kier molecular flexibility index (Phi) is 4.42. The summed E-state index contributed by atoms with van der Waals surface area (Å²) in [7, 11) is 0.